The van der Waals surface area contributed by atoms with Crippen LogP contribution in [0.1, 0.15) is 64.7 Å². The molecule has 6 unspecified atom stereocenters. The molecule has 2 aliphatic rings. The van der Waals surface area contributed by atoms with E-state index in [1.165, 1.54) is 0 Å². The third-order valence-corrected chi connectivity index (χ3v) is 6.35. The van der Waals surface area contributed by atoms with Crippen molar-refractivity contribution in [1.82, 2.24) is 0 Å². The number of aliphatic hydroxyl groups excluding tert-OH is 2. The lowest BCUT2D eigenvalue weighted by Crippen LogP contribution is -2.31. The zero-order valence-electron chi connectivity index (χ0n) is 17.3. The number of hydrogen-bond acceptors (Lipinski definition) is 5. The molecule has 8 heteroatoms. The molecule has 0 aromatic rings. The molecule has 2 fully saturated rings. The number of carbonyl (C=O) groups excluding carboxylic acids is 2. The predicted octanol–water partition coefficient (Wildman–Crippen LogP) is 4.22. The van der Waals surface area contributed by atoms with Crippen LogP contribution in [-0.4, -0.2) is 44.6 Å². The Hall–Kier alpha value is -0.510. The summed E-state index contributed by atoms with van der Waals surface area (Å²) in [5.74, 6) is 6.00. The van der Waals surface area contributed by atoms with Gasteiger partial charge in [-0.3, -0.25) is 9.59 Å². The van der Waals surface area contributed by atoms with E-state index in [1.807, 2.05) is 0 Å². The third-order valence-electron chi connectivity index (χ3n) is 6.03. The van der Waals surface area contributed by atoms with E-state index < -0.39 is 22.0 Å². The van der Waals surface area contributed by atoms with Crippen molar-refractivity contribution in [3.05, 3.63) is 0 Å². The van der Waals surface area contributed by atoms with Gasteiger partial charge in [0.2, 0.25) is 3.79 Å². The van der Waals surface area contributed by atoms with Gasteiger partial charge in [-0.25, -0.2) is 0 Å². The first-order valence-corrected chi connectivity index (χ1v) is 11.9. The predicted molar refractivity (Wildman–Crippen MR) is 117 cm³/mol. The molecular weight excluding hydrogens is 451 g/mol. The van der Waals surface area contributed by atoms with Gasteiger partial charge in [0.15, 0.2) is 0 Å². The zero-order chi connectivity index (χ0) is 22.3. The number of esters is 1. The van der Waals surface area contributed by atoms with Gasteiger partial charge in [-0.2, -0.15) is 0 Å². The van der Waals surface area contributed by atoms with E-state index in [0.29, 0.717) is 32.1 Å². The molecule has 5 nitrogen and oxygen atoms in total. The highest BCUT2D eigenvalue weighted by Gasteiger charge is 2.64. The van der Waals surface area contributed by atoms with Crippen LogP contribution in [0.15, 0.2) is 0 Å². The molecule has 2 rings (SSSR count). The maximum absolute atomic E-state index is 12.2. The molecule has 2 saturated carbocycles. The van der Waals surface area contributed by atoms with Crippen LogP contribution in [0.4, 0.5) is 0 Å². The maximum Gasteiger partial charge on any atom is 0.305 e. The van der Waals surface area contributed by atoms with Gasteiger partial charge in [0.25, 0.3) is 0 Å². The summed E-state index contributed by atoms with van der Waals surface area (Å²) in [6.07, 6.45) is 4.34. The SMILES string of the molecule is CCCCCC(O)C(O)C1C2CC(=O)C(CC#CCCCC(=O)OCC(Cl)(Cl)Cl)C21. The Kier molecular flexibility index (Phi) is 10.2. The first-order valence-electron chi connectivity index (χ1n) is 10.7. The molecule has 0 bridgehead atoms. The molecule has 0 aromatic carbocycles. The van der Waals surface area contributed by atoms with Gasteiger partial charge in [0.05, 0.1) is 12.2 Å². The highest BCUT2D eigenvalue weighted by molar-refractivity contribution is 6.67. The number of ether oxygens (including phenoxy) is 1. The third kappa shape index (κ3) is 7.88. The van der Waals surface area contributed by atoms with Crippen molar-refractivity contribution < 1.29 is 24.5 Å². The standard InChI is InChI=1S/C22H31Cl3O5/c1-2-3-6-10-16(26)21(29)20-15-12-17(27)14(19(15)20)9-7-4-5-8-11-18(28)30-13-22(23,24)25/h14-16,19-21,26,29H,2-3,5-6,8-13H2,1H3. The highest BCUT2D eigenvalue weighted by atomic mass is 35.6. The molecular formula is C22H31Cl3O5. The minimum Gasteiger partial charge on any atom is -0.461 e. The van der Waals surface area contributed by atoms with Crippen LogP contribution in [0.5, 0.6) is 0 Å². The molecule has 2 aliphatic carbocycles. The van der Waals surface area contributed by atoms with Crippen molar-refractivity contribution in [2.45, 2.75) is 80.7 Å². The first kappa shape index (κ1) is 25.7. The topological polar surface area (TPSA) is 83.8 Å². The van der Waals surface area contributed by atoms with Crippen LogP contribution in [0, 0.1) is 35.5 Å². The summed E-state index contributed by atoms with van der Waals surface area (Å²) in [7, 11) is 0. The van der Waals surface area contributed by atoms with Crippen molar-refractivity contribution in [3.8, 4) is 11.8 Å². The Morgan fingerprint density at radius 2 is 1.97 bits per heavy atom. The molecule has 0 amide bonds. The van der Waals surface area contributed by atoms with Gasteiger partial charge in [-0.05, 0) is 30.6 Å². The van der Waals surface area contributed by atoms with E-state index in [2.05, 4.69) is 18.8 Å². The fourth-order valence-corrected chi connectivity index (χ4v) is 4.62. The van der Waals surface area contributed by atoms with Crippen LogP contribution in [-0.2, 0) is 14.3 Å². The fraction of sp³-hybridized carbons (Fsp3) is 0.818. The Morgan fingerprint density at radius 3 is 2.63 bits per heavy atom. The monoisotopic (exact) mass is 480 g/mol. The van der Waals surface area contributed by atoms with E-state index in [4.69, 9.17) is 39.5 Å². The fourth-order valence-electron chi connectivity index (χ4n) is 4.45. The van der Waals surface area contributed by atoms with Gasteiger partial charge in [0, 0.05) is 31.6 Å². The summed E-state index contributed by atoms with van der Waals surface area (Å²) in [5, 5.41) is 20.7. The summed E-state index contributed by atoms with van der Waals surface area (Å²) < 4.78 is 3.23. The Bertz CT molecular complexity index is 651. The molecule has 0 spiro atoms. The number of fused-ring (bicyclic) bond motifs is 1. The van der Waals surface area contributed by atoms with E-state index in [1.54, 1.807) is 0 Å². The molecule has 2 N–H and O–H groups in total. The average molecular weight is 482 g/mol. The number of halogens is 3. The average Bonchev–Trinajstić information content (AvgIpc) is 3.27. The summed E-state index contributed by atoms with van der Waals surface area (Å²) >= 11 is 16.6. The minimum atomic E-state index is -1.61. The lowest BCUT2D eigenvalue weighted by Gasteiger charge is -2.20. The second-order valence-corrected chi connectivity index (χ2v) is 10.9. The summed E-state index contributed by atoms with van der Waals surface area (Å²) in [5.41, 5.74) is 0. The molecule has 0 saturated heterocycles. The van der Waals surface area contributed by atoms with Gasteiger partial charge in [-0.1, -0.05) is 61.0 Å². The molecule has 0 heterocycles. The molecule has 30 heavy (non-hydrogen) atoms. The van der Waals surface area contributed by atoms with Gasteiger partial charge < -0.3 is 14.9 Å². The quantitative estimate of drug-likeness (QED) is 0.200. The zero-order valence-corrected chi connectivity index (χ0v) is 19.6. The lowest BCUT2D eigenvalue weighted by atomic mass is 9.91. The number of Topliss-reactive ketones (excluding diaryl/α,β-unsaturated/α-hetero) is 1. The second-order valence-electron chi connectivity index (χ2n) is 8.34. The number of unbranched alkanes of at least 4 members (excludes halogenated alkanes) is 3. The van der Waals surface area contributed by atoms with E-state index in [9.17, 15) is 19.8 Å². The van der Waals surface area contributed by atoms with Crippen LogP contribution < -0.4 is 0 Å². The van der Waals surface area contributed by atoms with Crippen molar-refractivity contribution >= 4 is 46.6 Å². The number of ketones is 1. The summed E-state index contributed by atoms with van der Waals surface area (Å²) in [4.78, 5) is 23.7. The van der Waals surface area contributed by atoms with Gasteiger partial charge in [-0.15, -0.1) is 11.8 Å². The van der Waals surface area contributed by atoms with Crippen molar-refractivity contribution in [3.63, 3.8) is 0 Å². The largest absolute Gasteiger partial charge is 0.461 e. The molecule has 170 valence electrons. The van der Waals surface area contributed by atoms with Crippen LogP contribution in [0.2, 0.25) is 0 Å². The second kappa shape index (κ2) is 11.9. The van der Waals surface area contributed by atoms with E-state index in [-0.39, 0.29) is 42.5 Å². The normalized spacial score (nSPS) is 27.1. The maximum atomic E-state index is 12.2. The Labute approximate surface area is 193 Å². The van der Waals surface area contributed by atoms with Crippen molar-refractivity contribution in [2.75, 3.05) is 6.61 Å². The smallest absolute Gasteiger partial charge is 0.305 e. The van der Waals surface area contributed by atoms with Crippen molar-refractivity contribution in [1.29, 1.82) is 0 Å². The van der Waals surface area contributed by atoms with Crippen LogP contribution in [0.25, 0.3) is 0 Å². The van der Waals surface area contributed by atoms with Gasteiger partial charge in [0.1, 0.15) is 12.4 Å². The number of alkyl halides is 3. The van der Waals surface area contributed by atoms with E-state index >= 15 is 0 Å². The number of aliphatic hydroxyl groups is 2. The van der Waals surface area contributed by atoms with Crippen LogP contribution >= 0.6 is 34.8 Å². The lowest BCUT2D eigenvalue weighted by molar-refractivity contribution is -0.143. The Balaban J connectivity index is 1.69. The van der Waals surface area contributed by atoms with Gasteiger partial charge >= 0.3 is 5.97 Å². The number of rotatable bonds is 11. The van der Waals surface area contributed by atoms with E-state index in [0.717, 1.165) is 19.3 Å². The number of hydrogen-bond donors (Lipinski definition) is 2. The first-order chi connectivity index (χ1) is 14.2. The summed E-state index contributed by atoms with van der Waals surface area (Å²) in [6.45, 7) is 1.82. The molecule has 0 aromatic heterocycles. The number of carbonyl (C=O) groups is 2. The molecule has 0 radical (unpaired) electrons. The molecule has 0 aliphatic heterocycles. The highest BCUT2D eigenvalue weighted by Crippen LogP contribution is 2.61. The summed E-state index contributed by atoms with van der Waals surface area (Å²) in [6, 6.07) is 0. The van der Waals surface area contributed by atoms with Crippen LogP contribution in [0.3, 0.4) is 0 Å². The molecule has 6 atom stereocenters. The minimum absolute atomic E-state index is 0.0128. The van der Waals surface area contributed by atoms with Crippen molar-refractivity contribution in [2.24, 2.45) is 23.7 Å². The Morgan fingerprint density at radius 1 is 1.23 bits per heavy atom.